The van der Waals surface area contributed by atoms with Gasteiger partial charge in [0.25, 0.3) is 0 Å². The second kappa shape index (κ2) is 7.64. The Bertz CT molecular complexity index is 646. The van der Waals surface area contributed by atoms with Crippen LogP contribution in [0.25, 0.3) is 0 Å². The van der Waals surface area contributed by atoms with Crippen LogP contribution in [0, 0.1) is 11.3 Å². The Morgan fingerprint density at radius 1 is 1.29 bits per heavy atom. The third-order valence-electron chi connectivity index (χ3n) is 2.80. The number of methoxy groups -OCH3 is 2. The van der Waals surface area contributed by atoms with Gasteiger partial charge >= 0.3 is 0 Å². The molecular weight excluding hydrogens is 294 g/mol. The molecule has 0 aliphatic carbocycles. The molecule has 0 radical (unpaired) electrons. The van der Waals surface area contributed by atoms with Crippen LogP contribution in [0.3, 0.4) is 0 Å². The standard InChI is InChI=1S/C14H17NO5S/c1-19-11-5-6-12(14(9-11)20-2)13(16)10-21(17,18)8-4-3-7-15/h5-6,9H,3-4,8,10H2,1-2H3. The molecule has 0 spiro atoms. The molecule has 7 heteroatoms. The van der Waals surface area contributed by atoms with Crippen molar-refractivity contribution in [3.05, 3.63) is 23.8 Å². The predicted octanol–water partition coefficient (Wildman–Crippen LogP) is 1.61. The Labute approximate surface area is 124 Å². The Balaban J connectivity index is 2.87. The van der Waals surface area contributed by atoms with Crippen LogP contribution in [0.1, 0.15) is 23.2 Å². The number of hydrogen-bond acceptors (Lipinski definition) is 6. The molecule has 114 valence electrons. The highest BCUT2D eigenvalue weighted by Gasteiger charge is 2.21. The van der Waals surface area contributed by atoms with Crippen molar-refractivity contribution in [3.63, 3.8) is 0 Å². The van der Waals surface area contributed by atoms with Gasteiger partial charge in [-0.25, -0.2) is 8.42 Å². The first-order chi connectivity index (χ1) is 9.93. The summed E-state index contributed by atoms with van der Waals surface area (Å²) in [7, 11) is -0.651. The summed E-state index contributed by atoms with van der Waals surface area (Å²) in [5, 5.41) is 8.40. The largest absolute Gasteiger partial charge is 0.497 e. The zero-order valence-electron chi connectivity index (χ0n) is 12.0. The molecule has 6 nitrogen and oxygen atoms in total. The molecule has 0 atom stereocenters. The Hall–Kier alpha value is -2.07. The van der Waals surface area contributed by atoms with Crippen LogP contribution in [0.5, 0.6) is 11.5 Å². The first kappa shape index (κ1) is 17.0. The molecule has 0 amide bonds. The molecule has 0 heterocycles. The van der Waals surface area contributed by atoms with Gasteiger partial charge < -0.3 is 9.47 Å². The van der Waals surface area contributed by atoms with Gasteiger partial charge in [-0.15, -0.1) is 0 Å². The van der Waals surface area contributed by atoms with Gasteiger partial charge in [0.2, 0.25) is 0 Å². The number of sulfone groups is 1. The second-order valence-electron chi connectivity index (χ2n) is 4.34. The molecular formula is C14H17NO5S. The van der Waals surface area contributed by atoms with Gasteiger partial charge in [0.05, 0.1) is 31.6 Å². The fourth-order valence-electron chi connectivity index (χ4n) is 1.75. The lowest BCUT2D eigenvalue weighted by Gasteiger charge is -2.09. The van der Waals surface area contributed by atoms with E-state index < -0.39 is 21.4 Å². The number of Topliss-reactive ketones (excluding diaryl/α,β-unsaturated/α-hetero) is 1. The van der Waals surface area contributed by atoms with E-state index in [0.29, 0.717) is 5.75 Å². The van der Waals surface area contributed by atoms with Gasteiger partial charge in [-0.05, 0) is 18.6 Å². The van der Waals surface area contributed by atoms with Crippen molar-refractivity contribution in [2.75, 3.05) is 25.7 Å². The van der Waals surface area contributed by atoms with Gasteiger partial charge in [0.15, 0.2) is 15.6 Å². The number of unbranched alkanes of at least 4 members (excludes halogenated alkanes) is 1. The molecule has 0 N–H and O–H groups in total. The third-order valence-corrected chi connectivity index (χ3v) is 4.42. The van der Waals surface area contributed by atoms with Crippen LogP contribution in [0.15, 0.2) is 18.2 Å². The molecule has 21 heavy (non-hydrogen) atoms. The van der Waals surface area contributed by atoms with Crippen molar-refractivity contribution in [1.82, 2.24) is 0 Å². The van der Waals surface area contributed by atoms with Gasteiger partial charge in [-0.2, -0.15) is 5.26 Å². The van der Waals surface area contributed by atoms with E-state index in [1.165, 1.54) is 26.4 Å². The van der Waals surface area contributed by atoms with E-state index in [0.717, 1.165) is 0 Å². The number of hydrogen-bond donors (Lipinski definition) is 0. The normalized spacial score (nSPS) is 10.7. The molecule has 0 saturated carbocycles. The zero-order valence-corrected chi connectivity index (χ0v) is 12.8. The lowest BCUT2D eigenvalue weighted by Crippen LogP contribution is -2.19. The van der Waals surface area contributed by atoms with Crippen LogP contribution < -0.4 is 9.47 Å². The van der Waals surface area contributed by atoms with Crippen molar-refractivity contribution < 1.29 is 22.7 Å². The number of nitrogens with zero attached hydrogens (tertiary/aromatic N) is 1. The van der Waals surface area contributed by atoms with Gasteiger partial charge in [-0.1, -0.05) is 0 Å². The minimum absolute atomic E-state index is 0.152. The lowest BCUT2D eigenvalue weighted by molar-refractivity contribution is 0.101. The smallest absolute Gasteiger partial charge is 0.181 e. The maximum atomic E-state index is 12.1. The number of rotatable bonds is 8. The lowest BCUT2D eigenvalue weighted by atomic mass is 10.1. The minimum atomic E-state index is -3.53. The van der Waals surface area contributed by atoms with Crippen LogP contribution in [0.4, 0.5) is 0 Å². The first-order valence-electron chi connectivity index (χ1n) is 6.26. The van der Waals surface area contributed by atoms with E-state index in [1.54, 1.807) is 6.07 Å². The highest BCUT2D eigenvalue weighted by atomic mass is 32.2. The average molecular weight is 311 g/mol. The van der Waals surface area contributed by atoms with E-state index in [2.05, 4.69) is 0 Å². The summed E-state index contributed by atoms with van der Waals surface area (Å²) in [6.07, 6.45) is 0.380. The van der Waals surface area contributed by atoms with Crippen molar-refractivity contribution >= 4 is 15.6 Å². The summed E-state index contributed by atoms with van der Waals surface area (Å²) < 4.78 is 33.7. The maximum absolute atomic E-state index is 12.1. The van der Waals surface area contributed by atoms with E-state index in [4.69, 9.17) is 14.7 Å². The van der Waals surface area contributed by atoms with Crippen molar-refractivity contribution in [1.29, 1.82) is 5.26 Å². The van der Waals surface area contributed by atoms with Crippen LogP contribution >= 0.6 is 0 Å². The van der Waals surface area contributed by atoms with E-state index in [-0.39, 0.29) is 29.9 Å². The summed E-state index contributed by atoms with van der Waals surface area (Å²) in [6.45, 7) is 0. The van der Waals surface area contributed by atoms with Crippen LogP contribution in [-0.4, -0.2) is 39.9 Å². The summed E-state index contributed by atoms with van der Waals surface area (Å²) in [5.41, 5.74) is 0.196. The van der Waals surface area contributed by atoms with Crippen molar-refractivity contribution in [2.45, 2.75) is 12.8 Å². The molecule has 0 aromatic heterocycles. The molecule has 1 aromatic rings. The number of carbonyl (C=O) groups excluding carboxylic acids is 1. The topological polar surface area (TPSA) is 93.5 Å². The summed E-state index contributed by atoms with van der Waals surface area (Å²) in [6, 6.07) is 6.44. The molecule has 0 aliphatic heterocycles. The number of carbonyl (C=O) groups is 1. The molecule has 0 aliphatic rings. The second-order valence-corrected chi connectivity index (χ2v) is 6.53. The molecule has 0 fully saturated rings. The fraction of sp³-hybridized carbons (Fsp3) is 0.429. The average Bonchev–Trinajstić information content (AvgIpc) is 2.46. The highest BCUT2D eigenvalue weighted by molar-refractivity contribution is 7.92. The number of ether oxygens (including phenoxy) is 2. The SMILES string of the molecule is COc1ccc(C(=O)CS(=O)(=O)CCCC#N)c(OC)c1. The van der Waals surface area contributed by atoms with Crippen molar-refractivity contribution in [3.8, 4) is 17.6 Å². The molecule has 0 unspecified atom stereocenters. The molecule has 0 bridgehead atoms. The van der Waals surface area contributed by atoms with Gasteiger partial charge in [0, 0.05) is 12.5 Å². The van der Waals surface area contributed by atoms with Crippen molar-refractivity contribution in [2.24, 2.45) is 0 Å². The Morgan fingerprint density at radius 3 is 2.57 bits per heavy atom. The Kier molecular flexibility index (Phi) is 6.18. The fourth-order valence-corrected chi connectivity index (χ4v) is 3.03. The number of benzene rings is 1. The number of ketones is 1. The summed E-state index contributed by atoms with van der Waals surface area (Å²) in [4.78, 5) is 12.1. The predicted molar refractivity (Wildman–Crippen MR) is 77.4 cm³/mol. The zero-order chi connectivity index (χ0) is 15.9. The maximum Gasteiger partial charge on any atom is 0.181 e. The summed E-state index contributed by atoms with van der Waals surface area (Å²) in [5.74, 6) is -0.523. The molecule has 0 saturated heterocycles. The van der Waals surface area contributed by atoms with E-state index >= 15 is 0 Å². The van der Waals surface area contributed by atoms with Gasteiger partial charge in [0.1, 0.15) is 17.3 Å². The number of nitriles is 1. The van der Waals surface area contributed by atoms with Crippen LogP contribution in [-0.2, 0) is 9.84 Å². The molecule has 1 aromatic carbocycles. The monoisotopic (exact) mass is 311 g/mol. The summed E-state index contributed by atoms with van der Waals surface area (Å²) >= 11 is 0. The van der Waals surface area contributed by atoms with E-state index in [9.17, 15) is 13.2 Å². The quantitative estimate of drug-likeness (QED) is 0.535. The minimum Gasteiger partial charge on any atom is -0.497 e. The van der Waals surface area contributed by atoms with E-state index in [1.807, 2.05) is 6.07 Å². The van der Waals surface area contributed by atoms with Gasteiger partial charge in [-0.3, -0.25) is 4.79 Å². The highest BCUT2D eigenvalue weighted by Crippen LogP contribution is 2.25. The third kappa shape index (κ3) is 5.08. The van der Waals surface area contributed by atoms with Crippen LogP contribution in [0.2, 0.25) is 0 Å². The molecule has 1 rings (SSSR count). The first-order valence-corrected chi connectivity index (χ1v) is 8.08. The Morgan fingerprint density at radius 2 is 2.00 bits per heavy atom.